The van der Waals surface area contributed by atoms with Crippen molar-refractivity contribution in [3.8, 4) is 11.3 Å². The fraction of sp³-hybridized carbons (Fsp3) is 0.524. The Morgan fingerprint density at radius 1 is 1.21 bits per heavy atom. The van der Waals surface area contributed by atoms with E-state index in [0.717, 1.165) is 74.9 Å². The lowest BCUT2D eigenvalue weighted by Gasteiger charge is -2.28. The molecule has 7 heteroatoms. The Morgan fingerprint density at radius 3 is 2.57 bits per heavy atom. The Labute approximate surface area is 172 Å². The highest BCUT2D eigenvalue weighted by Gasteiger charge is 2.38. The number of nitrogens with one attached hydrogen (secondary N) is 1. The van der Waals surface area contributed by atoms with Crippen molar-refractivity contribution in [2.24, 2.45) is 5.73 Å². The number of halogens is 2. The molecule has 0 saturated heterocycles. The molecule has 0 unspecified atom stereocenters. The number of hydrogen-bond donors (Lipinski definition) is 2. The number of hydrogen-bond acceptors (Lipinski definition) is 3. The summed E-state index contributed by atoms with van der Waals surface area (Å²) >= 11 is 0. The van der Waals surface area contributed by atoms with Gasteiger partial charge in [-0.2, -0.15) is 5.10 Å². The molecular weight excluding hydrogens is 379 g/mol. The van der Waals surface area contributed by atoms with Gasteiger partial charge in [0.2, 0.25) is 5.91 Å². The van der Waals surface area contributed by atoms with Crippen molar-refractivity contribution in [3.05, 3.63) is 41.8 Å². The molecule has 1 aliphatic rings. The zero-order chi connectivity index (χ0) is 19.3. The van der Waals surface area contributed by atoms with Crippen molar-refractivity contribution >= 4 is 18.3 Å². The molecule has 5 nitrogen and oxygen atoms in total. The average molecular weight is 409 g/mol. The van der Waals surface area contributed by atoms with Gasteiger partial charge in [-0.3, -0.25) is 9.89 Å². The van der Waals surface area contributed by atoms with Crippen LogP contribution in [0, 0.1) is 5.82 Å². The van der Waals surface area contributed by atoms with Crippen LogP contribution in [0.15, 0.2) is 30.3 Å². The Bertz CT molecular complexity index is 756. The number of carbonyl (C=O) groups excluding carboxylic acids is 1. The van der Waals surface area contributed by atoms with Gasteiger partial charge < -0.3 is 10.6 Å². The minimum absolute atomic E-state index is 0. The molecule has 0 radical (unpaired) electrons. The maximum atomic E-state index is 13.0. The van der Waals surface area contributed by atoms with Crippen molar-refractivity contribution in [3.63, 3.8) is 0 Å². The molecule has 0 atom stereocenters. The third-order valence-corrected chi connectivity index (χ3v) is 5.48. The molecular formula is C21H30ClFN4O. The number of aryl methyl sites for hydroxylation is 1. The quantitative estimate of drug-likeness (QED) is 0.646. The van der Waals surface area contributed by atoms with E-state index in [1.54, 1.807) is 17.0 Å². The molecule has 1 fully saturated rings. The first-order chi connectivity index (χ1) is 13.0. The van der Waals surface area contributed by atoms with Gasteiger partial charge in [-0.25, -0.2) is 4.39 Å². The second-order valence-corrected chi connectivity index (χ2v) is 7.69. The topological polar surface area (TPSA) is 75.0 Å². The van der Waals surface area contributed by atoms with Gasteiger partial charge in [0.15, 0.2) is 0 Å². The number of aromatic nitrogens is 2. The molecule has 1 amide bonds. The van der Waals surface area contributed by atoms with Crippen molar-refractivity contribution in [2.75, 3.05) is 13.6 Å². The van der Waals surface area contributed by atoms with Crippen LogP contribution in [0.25, 0.3) is 11.3 Å². The fourth-order valence-corrected chi connectivity index (χ4v) is 3.80. The van der Waals surface area contributed by atoms with E-state index < -0.39 is 5.54 Å². The molecule has 3 N–H and O–H groups in total. The summed E-state index contributed by atoms with van der Waals surface area (Å²) in [6, 6.07) is 8.37. The van der Waals surface area contributed by atoms with E-state index in [1.165, 1.54) is 12.1 Å². The van der Waals surface area contributed by atoms with Gasteiger partial charge in [-0.05, 0) is 62.4 Å². The number of nitrogens with zero attached hydrogens (tertiary/aromatic N) is 2. The van der Waals surface area contributed by atoms with Crippen LogP contribution in [0.2, 0.25) is 0 Å². The van der Waals surface area contributed by atoms with Crippen LogP contribution in [0.3, 0.4) is 0 Å². The lowest BCUT2D eigenvalue weighted by molar-refractivity contribution is -0.135. The van der Waals surface area contributed by atoms with E-state index in [4.69, 9.17) is 5.73 Å². The number of aromatic amines is 1. The largest absolute Gasteiger partial charge is 0.344 e. The van der Waals surface area contributed by atoms with E-state index in [-0.39, 0.29) is 24.1 Å². The summed E-state index contributed by atoms with van der Waals surface area (Å²) in [6.45, 7) is 0.752. The zero-order valence-corrected chi connectivity index (χ0v) is 17.2. The van der Waals surface area contributed by atoms with Crippen LogP contribution in [0.4, 0.5) is 4.39 Å². The lowest BCUT2D eigenvalue weighted by atomic mass is 9.97. The van der Waals surface area contributed by atoms with Crippen molar-refractivity contribution in [1.82, 2.24) is 15.1 Å². The number of rotatable bonds is 8. The lowest BCUT2D eigenvalue weighted by Crippen LogP contribution is -2.52. The Morgan fingerprint density at radius 2 is 1.89 bits per heavy atom. The molecule has 3 rings (SSSR count). The minimum Gasteiger partial charge on any atom is -0.344 e. The van der Waals surface area contributed by atoms with Crippen molar-refractivity contribution < 1.29 is 9.18 Å². The standard InChI is InChI=1S/C21H29FN4O.ClH/c1-26(20(27)21(23)12-4-5-13-21)14-6-2-3-7-18-15-19(25-24-18)16-8-10-17(22)11-9-16;/h8-11,15H,2-7,12-14,23H2,1H3,(H,24,25);1H. The molecule has 0 spiro atoms. The molecule has 1 saturated carbocycles. The Balaban J connectivity index is 0.00000280. The minimum atomic E-state index is -0.624. The molecule has 1 heterocycles. The van der Waals surface area contributed by atoms with E-state index >= 15 is 0 Å². The molecule has 0 aliphatic heterocycles. The van der Waals surface area contributed by atoms with Gasteiger partial charge in [0.25, 0.3) is 0 Å². The molecule has 1 aromatic heterocycles. The van der Waals surface area contributed by atoms with E-state index in [9.17, 15) is 9.18 Å². The highest BCUT2D eigenvalue weighted by molar-refractivity contribution is 5.86. The second-order valence-electron chi connectivity index (χ2n) is 7.69. The Kier molecular flexibility index (Phi) is 8.01. The molecule has 2 aromatic rings. The van der Waals surface area contributed by atoms with E-state index in [1.807, 2.05) is 13.1 Å². The maximum absolute atomic E-state index is 13.0. The first kappa shape index (κ1) is 22.4. The first-order valence-corrected chi connectivity index (χ1v) is 9.83. The van der Waals surface area contributed by atoms with Crippen LogP contribution in [0.1, 0.15) is 50.6 Å². The number of H-pyrrole nitrogens is 1. The van der Waals surface area contributed by atoms with Crippen LogP contribution < -0.4 is 5.73 Å². The molecule has 1 aliphatic carbocycles. The third-order valence-electron chi connectivity index (χ3n) is 5.48. The average Bonchev–Trinajstić information content (AvgIpc) is 3.31. The number of unbranched alkanes of at least 4 members (excludes halogenated alkanes) is 2. The van der Waals surface area contributed by atoms with Gasteiger partial charge in [0.1, 0.15) is 5.82 Å². The summed E-state index contributed by atoms with van der Waals surface area (Å²) in [7, 11) is 1.86. The maximum Gasteiger partial charge on any atom is 0.242 e. The monoisotopic (exact) mass is 408 g/mol. The number of amides is 1. The number of benzene rings is 1. The van der Waals surface area contributed by atoms with Crippen LogP contribution in [-0.2, 0) is 11.2 Å². The first-order valence-electron chi connectivity index (χ1n) is 9.83. The second kappa shape index (κ2) is 10.0. The summed E-state index contributed by atoms with van der Waals surface area (Å²) in [5, 5.41) is 7.36. The van der Waals surface area contributed by atoms with Crippen LogP contribution in [-0.4, -0.2) is 40.1 Å². The summed E-state index contributed by atoms with van der Waals surface area (Å²) in [4.78, 5) is 14.3. The summed E-state index contributed by atoms with van der Waals surface area (Å²) < 4.78 is 13.0. The number of carbonyl (C=O) groups is 1. The zero-order valence-electron chi connectivity index (χ0n) is 16.4. The molecule has 28 heavy (non-hydrogen) atoms. The molecule has 0 bridgehead atoms. The van der Waals surface area contributed by atoms with Gasteiger partial charge >= 0.3 is 0 Å². The number of likely N-dealkylation sites (N-methyl/N-ethyl adjacent to an activating group) is 1. The highest BCUT2D eigenvalue weighted by atomic mass is 35.5. The summed E-state index contributed by atoms with van der Waals surface area (Å²) in [5.41, 5.74) is 8.43. The van der Waals surface area contributed by atoms with Gasteiger partial charge in [0.05, 0.1) is 11.2 Å². The molecule has 1 aromatic carbocycles. The Hall–Kier alpha value is -1.92. The normalized spacial score (nSPS) is 15.2. The molecule has 154 valence electrons. The summed E-state index contributed by atoms with van der Waals surface area (Å²) in [6.07, 6.45) is 7.68. The van der Waals surface area contributed by atoms with Crippen molar-refractivity contribution in [1.29, 1.82) is 0 Å². The summed E-state index contributed by atoms with van der Waals surface area (Å²) in [5.74, 6) is -0.149. The van der Waals surface area contributed by atoms with Crippen LogP contribution >= 0.6 is 12.4 Å². The van der Waals surface area contributed by atoms with E-state index in [2.05, 4.69) is 10.2 Å². The fourth-order valence-electron chi connectivity index (χ4n) is 3.80. The smallest absolute Gasteiger partial charge is 0.242 e. The van der Waals surface area contributed by atoms with Gasteiger partial charge in [-0.1, -0.05) is 19.3 Å². The van der Waals surface area contributed by atoms with Crippen LogP contribution in [0.5, 0.6) is 0 Å². The van der Waals surface area contributed by atoms with Crippen molar-refractivity contribution in [2.45, 2.75) is 56.9 Å². The number of nitrogens with two attached hydrogens (primary N) is 1. The SMILES string of the molecule is CN(CCCCCc1cc(-c2ccc(F)cc2)n[nH]1)C(=O)C1(N)CCCC1.Cl. The van der Waals surface area contributed by atoms with Gasteiger partial charge in [0, 0.05) is 24.8 Å². The van der Waals surface area contributed by atoms with E-state index in [0.29, 0.717) is 0 Å². The predicted octanol–water partition coefficient (Wildman–Crippen LogP) is 4.08. The third kappa shape index (κ3) is 5.55. The predicted molar refractivity (Wildman–Crippen MR) is 112 cm³/mol. The highest BCUT2D eigenvalue weighted by Crippen LogP contribution is 2.28. The van der Waals surface area contributed by atoms with Gasteiger partial charge in [-0.15, -0.1) is 12.4 Å².